The van der Waals surface area contributed by atoms with E-state index in [0.717, 1.165) is 11.3 Å². The maximum Gasteiger partial charge on any atom is 0.288 e. The van der Waals surface area contributed by atoms with Crippen LogP contribution in [0.15, 0.2) is 63.7 Å². The Bertz CT molecular complexity index is 987. The summed E-state index contributed by atoms with van der Waals surface area (Å²) in [6, 6.07) is 8.08. The van der Waals surface area contributed by atoms with Crippen LogP contribution in [0.5, 0.6) is 0 Å². The van der Waals surface area contributed by atoms with E-state index in [-0.39, 0.29) is 11.7 Å². The number of hydrogen-bond donors (Lipinski definition) is 1. The Balaban J connectivity index is 1.63. The van der Waals surface area contributed by atoms with Gasteiger partial charge in [0, 0.05) is 17.1 Å². The number of rotatable bonds is 9. The lowest BCUT2D eigenvalue weighted by molar-refractivity contribution is -0.113. The lowest BCUT2D eigenvalue weighted by atomic mass is 10.2. The van der Waals surface area contributed by atoms with E-state index < -0.39 is 5.76 Å². The Morgan fingerprint density at radius 3 is 2.69 bits per heavy atom. The van der Waals surface area contributed by atoms with Crippen LogP contribution < -0.4 is 5.32 Å². The molecule has 0 radical (unpaired) electrons. The van der Waals surface area contributed by atoms with Crippen LogP contribution in [0.2, 0.25) is 0 Å². The fraction of sp³-hybridized carbons (Fsp3) is 0.211. The molecular weight excluding hydrogens is 418 g/mol. The summed E-state index contributed by atoms with van der Waals surface area (Å²) in [4.78, 5) is 12.7. The number of carbonyl (C=O) groups excluding carboxylic acids is 1. The van der Waals surface area contributed by atoms with Gasteiger partial charge in [-0.05, 0) is 37.3 Å². The number of allylic oxidation sites excluding steroid dienone is 1. The molecule has 6 nitrogen and oxygen atoms in total. The fourth-order valence-corrected chi connectivity index (χ4v) is 3.80. The van der Waals surface area contributed by atoms with E-state index in [1.165, 1.54) is 11.8 Å². The second kappa shape index (κ2) is 9.75. The Hall–Kier alpha value is -2.59. The molecule has 3 rings (SSSR count). The number of anilines is 1. The van der Waals surface area contributed by atoms with Crippen LogP contribution >= 0.6 is 23.5 Å². The first-order valence-corrected chi connectivity index (χ1v) is 10.4. The molecule has 0 saturated carbocycles. The molecule has 1 N–H and O–H groups in total. The second-order valence-electron chi connectivity index (χ2n) is 5.84. The first kappa shape index (κ1) is 21.1. The number of furan rings is 1. The number of carbonyl (C=O) groups is 1. The molecule has 2 heterocycles. The van der Waals surface area contributed by atoms with Gasteiger partial charge in [0.05, 0.1) is 17.6 Å². The molecule has 0 aliphatic rings. The number of nitrogens with one attached hydrogen (secondary N) is 1. The third-order valence-corrected chi connectivity index (χ3v) is 5.51. The van der Waals surface area contributed by atoms with Crippen molar-refractivity contribution in [2.45, 2.75) is 29.3 Å². The van der Waals surface area contributed by atoms with Crippen LogP contribution in [0.1, 0.15) is 5.76 Å². The van der Waals surface area contributed by atoms with Gasteiger partial charge in [-0.15, -0.1) is 16.8 Å². The van der Waals surface area contributed by atoms with Gasteiger partial charge in [-0.2, -0.15) is 8.78 Å². The van der Waals surface area contributed by atoms with Gasteiger partial charge in [0.25, 0.3) is 5.76 Å². The molecule has 1 amide bonds. The molecule has 152 valence electrons. The number of hydrogen-bond acceptors (Lipinski definition) is 6. The third kappa shape index (κ3) is 5.48. The summed E-state index contributed by atoms with van der Waals surface area (Å²) < 4.78 is 31.9. The Morgan fingerprint density at radius 1 is 1.31 bits per heavy atom. The summed E-state index contributed by atoms with van der Waals surface area (Å²) >= 11 is 1.70. The number of nitrogens with zero attached hydrogens (tertiary/aromatic N) is 3. The standard InChI is InChI=1S/C19H18F2N4O2S2/c1-3-9-25-17(15-8-10-27-12(15)2)23-24-19(25)28-11-16(26)22-13-4-6-14(7-5-13)29-18(20)21/h3-8,10,18H,1,9,11H2,2H3,(H,22,26). The maximum atomic E-state index is 12.4. The number of thioether (sulfide) groups is 2. The number of aromatic nitrogens is 3. The number of benzene rings is 1. The van der Waals surface area contributed by atoms with Crippen molar-refractivity contribution in [3.63, 3.8) is 0 Å². The van der Waals surface area contributed by atoms with Crippen LogP contribution in [-0.2, 0) is 11.3 Å². The molecule has 0 spiro atoms. The Labute approximate surface area is 174 Å². The molecule has 0 fully saturated rings. The zero-order valence-electron chi connectivity index (χ0n) is 15.5. The molecule has 0 aliphatic carbocycles. The van der Waals surface area contributed by atoms with Gasteiger partial charge in [0.1, 0.15) is 5.76 Å². The van der Waals surface area contributed by atoms with Gasteiger partial charge < -0.3 is 9.73 Å². The summed E-state index contributed by atoms with van der Waals surface area (Å²) in [7, 11) is 0. The van der Waals surface area contributed by atoms with Crippen LogP contribution in [0.4, 0.5) is 14.5 Å². The van der Waals surface area contributed by atoms with Gasteiger partial charge in [-0.1, -0.05) is 29.6 Å². The predicted molar refractivity (Wildman–Crippen MR) is 110 cm³/mol. The minimum Gasteiger partial charge on any atom is -0.469 e. The summed E-state index contributed by atoms with van der Waals surface area (Å²) in [5.74, 6) is -1.22. The van der Waals surface area contributed by atoms with Gasteiger partial charge in [0.2, 0.25) is 5.91 Å². The van der Waals surface area contributed by atoms with Crippen molar-refractivity contribution in [3.8, 4) is 11.4 Å². The van der Waals surface area contributed by atoms with Crippen molar-refractivity contribution in [2.75, 3.05) is 11.1 Å². The van der Waals surface area contributed by atoms with Crippen molar-refractivity contribution in [1.82, 2.24) is 14.8 Å². The molecular formula is C19H18F2N4O2S2. The van der Waals surface area contributed by atoms with Gasteiger partial charge in [0.15, 0.2) is 11.0 Å². The average molecular weight is 437 g/mol. The third-order valence-electron chi connectivity index (χ3n) is 3.82. The monoisotopic (exact) mass is 436 g/mol. The maximum absolute atomic E-state index is 12.4. The SMILES string of the molecule is C=CCn1c(SCC(=O)Nc2ccc(SC(F)F)cc2)nnc1-c1ccoc1C. The molecule has 0 atom stereocenters. The molecule has 0 bridgehead atoms. The van der Waals surface area contributed by atoms with Crippen molar-refractivity contribution in [3.05, 3.63) is 55.0 Å². The van der Waals surface area contributed by atoms with Gasteiger partial charge in [-0.3, -0.25) is 9.36 Å². The smallest absolute Gasteiger partial charge is 0.288 e. The lowest BCUT2D eigenvalue weighted by Gasteiger charge is -2.08. The topological polar surface area (TPSA) is 73.0 Å². The highest BCUT2D eigenvalue weighted by molar-refractivity contribution is 8.00. The Kier molecular flexibility index (Phi) is 7.10. The first-order valence-electron chi connectivity index (χ1n) is 8.54. The molecule has 1 aromatic carbocycles. The largest absolute Gasteiger partial charge is 0.469 e. The lowest BCUT2D eigenvalue weighted by Crippen LogP contribution is -2.14. The van der Waals surface area contributed by atoms with E-state index in [0.29, 0.717) is 39.9 Å². The Morgan fingerprint density at radius 2 is 2.07 bits per heavy atom. The predicted octanol–water partition coefficient (Wildman–Crippen LogP) is 5.08. The average Bonchev–Trinajstić information content (AvgIpc) is 3.27. The zero-order chi connectivity index (χ0) is 20.8. The zero-order valence-corrected chi connectivity index (χ0v) is 17.1. The van der Waals surface area contributed by atoms with Gasteiger partial charge >= 0.3 is 0 Å². The van der Waals surface area contributed by atoms with Crippen molar-refractivity contribution in [1.29, 1.82) is 0 Å². The van der Waals surface area contributed by atoms with Crippen LogP contribution in [-0.4, -0.2) is 32.2 Å². The first-order chi connectivity index (χ1) is 14.0. The highest BCUT2D eigenvalue weighted by atomic mass is 32.2. The van der Waals surface area contributed by atoms with E-state index in [1.807, 2.05) is 17.6 Å². The molecule has 2 aromatic heterocycles. The highest BCUT2D eigenvalue weighted by Crippen LogP contribution is 2.28. The minimum atomic E-state index is -2.48. The van der Waals surface area contributed by atoms with Crippen LogP contribution in [0, 0.1) is 6.92 Å². The quantitative estimate of drug-likeness (QED) is 0.373. The van der Waals surface area contributed by atoms with Crippen molar-refractivity contribution < 1.29 is 18.0 Å². The molecule has 0 unspecified atom stereocenters. The van der Waals surface area contributed by atoms with Crippen molar-refractivity contribution >= 4 is 35.1 Å². The number of aryl methyl sites for hydroxylation is 1. The van der Waals surface area contributed by atoms with E-state index in [2.05, 4.69) is 22.1 Å². The summed E-state index contributed by atoms with van der Waals surface area (Å²) in [6.45, 7) is 6.09. The van der Waals surface area contributed by atoms with E-state index in [9.17, 15) is 13.6 Å². The van der Waals surface area contributed by atoms with Crippen LogP contribution in [0.25, 0.3) is 11.4 Å². The van der Waals surface area contributed by atoms with E-state index in [4.69, 9.17) is 4.42 Å². The normalized spacial score (nSPS) is 11.0. The minimum absolute atomic E-state index is 0.118. The molecule has 10 heteroatoms. The number of alkyl halides is 2. The fourth-order valence-electron chi connectivity index (χ4n) is 2.55. The summed E-state index contributed by atoms with van der Waals surface area (Å²) in [5, 5.41) is 11.7. The number of amides is 1. The van der Waals surface area contributed by atoms with Crippen LogP contribution in [0.3, 0.4) is 0 Å². The van der Waals surface area contributed by atoms with E-state index in [1.54, 1.807) is 36.6 Å². The number of halogens is 2. The van der Waals surface area contributed by atoms with Crippen molar-refractivity contribution in [2.24, 2.45) is 0 Å². The molecule has 29 heavy (non-hydrogen) atoms. The van der Waals surface area contributed by atoms with E-state index >= 15 is 0 Å². The molecule has 3 aromatic rings. The summed E-state index contributed by atoms with van der Waals surface area (Å²) in [5.41, 5.74) is 1.37. The van der Waals surface area contributed by atoms with Gasteiger partial charge in [-0.25, -0.2) is 0 Å². The molecule has 0 saturated heterocycles. The highest BCUT2D eigenvalue weighted by Gasteiger charge is 2.17. The summed E-state index contributed by atoms with van der Waals surface area (Å²) in [6.07, 6.45) is 3.31. The second-order valence-corrected chi connectivity index (χ2v) is 7.84. The molecule has 0 aliphatic heterocycles.